The van der Waals surface area contributed by atoms with Crippen molar-refractivity contribution < 1.29 is 4.52 Å². The molecule has 0 fully saturated rings. The van der Waals surface area contributed by atoms with E-state index in [0.717, 1.165) is 17.7 Å². The van der Waals surface area contributed by atoms with E-state index in [4.69, 9.17) is 4.52 Å². The van der Waals surface area contributed by atoms with E-state index < -0.39 is 0 Å². The highest BCUT2D eigenvalue weighted by Crippen LogP contribution is 2.33. The zero-order valence-electron chi connectivity index (χ0n) is 10.0. The molecule has 19 heavy (non-hydrogen) atoms. The Labute approximate surface area is 114 Å². The summed E-state index contributed by atoms with van der Waals surface area (Å²) in [5.41, 5.74) is 3.46. The van der Waals surface area contributed by atoms with Crippen LogP contribution < -0.4 is 5.32 Å². The van der Waals surface area contributed by atoms with Gasteiger partial charge in [0.05, 0.1) is 0 Å². The van der Waals surface area contributed by atoms with Crippen molar-refractivity contribution in [1.82, 2.24) is 10.1 Å². The number of anilines is 1. The molecule has 4 rings (SSSR count). The minimum absolute atomic E-state index is 0.0808. The van der Waals surface area contributed by atoms with Crippen LogP contribution in [-0.2, 0) is 6.42 Å². The number of benzene rings is 1. The third-order valence-corrected chi connectivity index (χ3v) is 3.97. The summed E-state index contributed by atoms with van der Waals surface area (Å²) < 4.78 is 5.38. The lowest BCUT2D eigenvalue weighted by Crippen LogP contribution is -2.05. The molecule has 3 aromatic rings. The van der Waals surface area contributed by atoms with Crippen molar-refractivity contribution in [2.45, 2.75) is 12.5 Å². The summed E-state index contributed by atoms with van der Waals surface area (Å²) in [7, 11) is 0. The first kappa shape index (κ1) is 10.8. The van der Waals surface area contributed by atoms with E-state index in [9.17, 15) is 0 Å². The first-order valence-electron chi connectivity index (χ1n) is 6.11. The summed E-state index contributed by atoms with van der Waals surface area (Å²) >= 11 is 1.63. The van der Waals surface area contributed by atoms with Crippen molar-refractivity contribution in [3.8, 4) is 11.4 Å². The minimum Gasteiger partial charge on any atom is -0.373 e. The van der Waals surface area contributed by atoms with Crippen LogP contribution in [0.3, 0.4) is 0 Å². The number of nitrogens with zero attached hydrogens (tertiary/aromatic N) is 2. The van der Waals surface area contributed by atoms with Gasteiger partial charge in [-0.3, -0.25) is 0 Å². The predicted molar refractivity (Wildman–Crippen MR) is 74.1 cm³/mol. The Morgan fingerprint density at radius 2 is 2.21 bits per heavy atom. The molecule has 0 unspecified atom stereocenters. The zero-order chi connectivity index (χ0) is 12.7. The average Bonchev–Trinajstić information content (AvgIpc) is 3.17. The number of nitrogens with one attached hydrogen (secondary N) is 1. The third-order valence-electron chi connectivity index (χ3n) is 3.29. The van der Waals surface area contributed by atoms with Crippen LogP contribution in [0.4, 0.5) is 5.69 Å². The monoisotopic (exact) mass is 269 g/mol. The highest BCUT2D eigenvalue weighted by atomic mass is 32.1. The van der Waals surface area contributed by atoms with Gasteiger partial charge >= 0.3 is 0 Å². The van der Waals surface area contributed by atoms with Gasteiger partial charge in [0.2, 0.25) is 11.7 Å². The second kappa shape index (κ2) is 4.20. The maximum Gasteiger partial charge on any atom is 0.249 e. The predicted octanol–water partition coefficient (Wildman–Crippen LogP) is 3.51. The van der Waals surface area contributed by atoms with Crippen LogP contribution in [0.25, 0.3) is 11.4 Å². The van der Waals surface area contributed by atoms with Crippen LogP contribution in [0.1, 0.15) is 17.5 Å². The van der Waals surface area contributed by atoms with Gasteiger partial charge in [-0.05, 0) is 23.1 Å². The SMILES string of the molecule is c1ccc2c(c1)C[C@@H](c1nc(-c3ccsc3)no1)N2. The molecule has 0 spiro atoms. The summed E-state index contributed by atoms with van der Waals surface area (Å²) in [6.07, 6.45) is 0.890. The summed E-state index contributed by atoms with van der Waals surface area (Å²) in [5, 5.41) is 11.5. The maximum absolute atomic E-state index is 5.38. The molecule has 0 radical (unpaired) electrons. The number of aromatic nitrogens is 2. The molecule has 0 amide bonds. The van der Waals surface area contributed by atoms with Crippen LogP contribution in [-0.4, -0.2) is 10.1 Å². The van der Waals surface area contributed by atoms with Crippen molar-refractivity contribution in [3.05, 3.63) is 52.5 Å². The summed E-state index contributed by atoms with van der Waals surface area (Å²) in [4.78, 5) is 4.48. The second-order valence-corrected chi connectivity index (χ2v) is 5.31. The molecular weight excluding hydrogens is 258 g/mol. The van der Waals surface area contributed by atoms with E-state index in [-0.39, 0.29) is 6.04 Å². The number of rotatable bonds is 2. The molecule has 0 bridgehead atoms. The molecule has 2 aromatic heterocycles. The number of thiophene rings is 1. The van der Waals surface area contributed by atoms with Crippen LogP contribution >= 0.6 is 11.3 Å². The van der Waals surface area contributed by atoms with Gasteiger partial charge in [-0.15, -0.1) is 0 Å². The quantitative estimate of drug-likeness (QED) is 0.773. The molecule has 0 saturated heterocycles. The van der Waals surface area contributed by atoms with Crippen LogP contribution in [0.2, 0.25) is 0 Å². The van der Waals surface area contributed by atoms with Crippen molar-refractivity contribution in [2.24, 2.45) is 0 Å². The Hall–Kier alpha value is -2.14. The molecule has 5 heteroatoms. The van der Waals surface area contributed by atoms with E-state index in [1.54, 1.807) is 11.3 Å². The number of hydrogen-bond donors (Lipinski definition) is 1. The van der Waals surface area contributed by atoms with Gasteiger partial charge in [-0.2, -0.15) is 16.3 Å². The molecule has 0 aliphatic carbocycles. The number of hydrogen-bond acceptors (Lipinski definition) is 5. The smallest absolute Gasteiger partial charge is 0.249 e. The standard InChI is InChI=1S/C14H11N3OS/c1-2-4-11-9(3-1)7-12(15-11)14-16-13(17-18-14)10-5-6-19-8-10/h1-6,8,12,15H,7H2/t12-/m0/s1. The molecule has 94 valence electrons. The van der Waals surface area contributed by atoms with Crippen LogP contribution in [0.5, 0.6) is 0 Å². The zero-order valence-corrected chi connectivity index (χ0v) is 10.9. The lowest BCUT2D eigenvalue weighted by atomic mass is 10.1. The summed E-state index contributed by atoms with van der Waals surface area (Å²) in [5.74, 6) is 1.31. The molecular formula is C14H11N3OS. The van der Waals surface area contributed by atoms with Crippen molar-refractivity contribution in [1.29, 1.82) is 0 Å². The molecule has 0 saturated carbocycles. The van der Waals surface area contributed by atoms with E-state index in [2.05, 4.69) is 27.6 Å². The Bertz CT molecular complexity index is 680. The molecule has 1 aromatic carbocycles. The van der Waals surface area contributed by atoms with Crippen LogP contribution in [0, 0.1) is 0 Å². The first-order valence-corrected chi connectivity index (χ1v) is 7.05. The lowest BCUT2D eigenvalue weighted by Gasteiger charge is -2.04. The van der Waals surface area contributed by atoms with E-state index >= 15 is 0 Å². The third kappa shape index (κ3) is 1.82. The van der Waals surface area contributed by atoms with E-state index in [0.29, 0.717) is 11.7 Å². The highest BCUT2D eigenvalue weighted by molar-refractivity contribution is 7.08. The van der Waals surface area contributed by atoms with Gasteiger partial charge in [0, 0.05) is 23.1 Å². The topological polar surface area (TPSA) is 51.0 Å². The Morgan fingerprint density at radius 1 is 1.26 bits per heavy atom. The highest BCUT2D eigenvalue weighted by Gasteiger charge is 2.26. The van der Waals surface area contributed by atoms with Crippen LogP contribution in [0.15, 0.2) is 45.6 Å². The van der Waals surface area contributed by atoms with Gasteiger partial charge in [-0.25, -0.2) is 0 Å². The average molecular weight is 269 g/mol. The number of para-hydroxylation sites is 1. The van der Waals surface area contributed by atoms with Gasteiger partial charge in [0.15, 0.2) is 0 Å². The second-order valence-electron chi connectivity index (χ2n) is 4.53. The Kier molecular flexibility index (Phi) is 2.38. The summed E-state index contributed by atoms with van der Waals surface area (Å²) in [6.45, 7) is 0. The van der Waals surface area contributed by atoms with Gasteiger partial charge in [0.1, 0.15) is 6.04 Å². The fourth-order valence-corrected chi connectivity index (χ4v) is 2.97. The van der Waals surface area contributed by atoms with Crippen molar-refractivity contribution in [2.75, 3.05) is 5.32 Å². The van der Waals surface area contributed by atoms with E-state index in [1.807, 2.05) is 29.0 Å². The molecule has 1 aliphatic rings. The maximum atomic E-state index is 5.38. The Morgan fingerprint density at radius 3 is 3.05 bits per heavy atom. The molecule has 1 aliphatic heterocycles. The first-order chi connectivity index (χ1) is 9.40. The fraction of sp³-hybridized carbons (Fsp3) is 0.143. The molecule has 3 heterocycles. The largest absolute Gasteiger partial charge is 0.373 e. The molecule has 1 N–H and O–H groups in total. The fourth-order valence-electron chi connectivity index (χ4n) is 2.33. The Balaban J connectivity index is 1.62. The van der Waals surface area contributed by atoms with Gasteiger partial charge in [0.25, 0.3) is 0 Å². The van der Waals surface area contributed by atoms with Crippen molar-refractivity contribution >= 4 is 17.0 Å². The van der Waals surface area contributed by atoms with Gasteiger partial charge < -0.3 is 9.84 Å². The number of fused-ring (bicyclic) bond motifs is 1. The molecule has 4 nitrogen and oxygen atoms in total. The summed E-state index contributed by atoms with van der Waals surface area (Å²) in [6, 6.07) is 10.4. The van der Waals surface area contributed by atoms with Crippen molar-refractivity contribution in [3.63, 3.8) is 0 Å². The van der Waals surface area contributed by atoms with Gasteiger partial charge in [-0.1, -0.05) is 23.4 Å². The molecule has 1 atom stereocenters. The minimum atomic E-state index is 0.0808. The normalized spacial score (nSPS) is 17.2. The lowest BCUT2D eigenvalue weighted by molar-refractivity contribution is 0.364. The van der Waals surface area contributed by atoms with E-state index in [1.165, 1.54) is 5.56 Å².